The zero-order chi connectivity index (χ0) is 21.8. The van der Waals surface area contributed by atoms with E-state index in [1.807, 2.05) is 18.2 Å². The van der Waals surface area contributed by atoms with Gasteiger partial charge in [-0.2, -0.15) is 4.31 Å². The number of amides is 1. The SMILES string of the molecule is CC1CCCN(CCNC(=O)c2cccc(S(=O)(=O)N3CCc4ccccc4C3)c2)C1. The van der Waals surface area contributed by atoms with Crippen LogP contribution in [0.4, 0.5) is 0 Å². The van der Waals surface area contributed by atoms with Crippen LogP contribution in [0.2, 0.25) is 0 Å². The lowest BCUT2D eigenvalue weighted by atomic mass is 10.0. The molecule has 2 aromatic rings. The van der Waals surface area contributed by atoms with Crippen LogP contribution in [0, 0.1) is 5.92 Å². The molecule has 1 amide bonds. The molecule has 6 nitrogen and oxygen atoms in total. The predicted octanol–water partition coefficient (Wildman–Crippen LogP) is 2.90. The fraction of sp³-hybridized carbons (Fsp3) is 0.458. The van der Waals surface area contributed by atoms with E-state index in [0.29, 0.717) is 37.5 Å². The fourth-order valence-electron chi connectivity index (χ4n) is 4.54. The summed E-state index contributed by atoms with van der Waals surface area (Å²) in [4.78, 5) is 15.2. The van der Waals surface area contributed by atoms with E-state index in [1.165, 1.54) is 28.8 Å². The van der Waals surface area contributed by atoms with Crippen molar-refractivity contribution in [3.05, 3.63) is 65.2 Å². The maximum absolute atomic E-state index is 13.2. The highest BCUT2D eigenvalue weighted by molar-refractivity contribution is 7.89. The summed E-state index contributed by atoms with van der Waals surface area (Å²) in [7, 11) is -3.66. The minimum absolute atomic E-state index is 0.171. The van der Waals surface area contributed by atoms with Gasteiger partial charge in [0.05, 0.1) is 4.90 Å². The van der Waals surface area contributed by atoms with Crippen molar-refractivity contribution in [1.82, 2.24) is 14.5 Å². The van der Waals surface area contributed by atoms with Gasteiger partial charge in [-0.25, -0.2) is 8.42 Å². The summed E-state index contributed by atoms with van der Waals surface area (Å²) in [6.07, 6.45) is 3.17. The van der Waals surface area contributed by atoms with Crippen molar-refractivity contribution >= 4 is 15.9 Å². The number of carbonyl (C=O) groups is 1. The number of piperidine rings is 1. The van der Waals surface area contributed by atoms with Gasteiger partial charge >= 0.3 is 0 Å². The van der Waals surface area contributed by atoms with Crippen LogP contribution in [-0.4, -0.2) is 56.3 Å². The molecule has 166 valence electrons. The predicted molar refractivity (Wildman–Crippen MR) is 121 cm³/mol. The van der Waals surface area contributed by atoms with Crippen LogP contribution < -0.4 is 5.32 Å². The van der Waals surface area contributed by atoms with Gasteiger partial charge in [0.1, 0.15) is 0 Å². The Morgan fingerprint density at radius 1 is 1.10 bits per heavy atom. The average molecular weight is 442 g/mol. The molecule has 2 aromatic carbocycles. The zero-order valence-electron chi connectivity index (χ0n) is 18.1. The number of carbonyl (C=O) groups excluding carboxylic acids is 1. The van der Waals surface area contributed by atoms with Crippen LogP contribution in [0.5, 0.6) is 0 Å². The van der Waals surface area contributed by atoms with Crippen LogP contribution in [0.25, 0.3) is 0 Å². The Kier molecular flexibility index (Phi) is 6.74. The smallest absolute Gasteiger partial charge is 0.251 e. The minimum atomic E-state index is -3.66. The van der Waals surface area contributed by atoms with Gasteiger partial charge in [0, 0.05) is 38.3 Å². The Morgan fingerprint density at radius 3 is 2.71 bits per heavy atom. The normalized spacial score (nSPS) is 20.2. The first-order valence-electron chi connectivity index (χ1n) is 11.1. The van der Waals surface area contributed by atoms with Crippen LogP contribution in [0.1, 0.15) is 41.3 Å². The summed E-state index contributed by atoms with van der Waals surface area (Å²) in [6, 6.07) is 14.3. The van der Waals surface area contributed by atoms with E-state index in [1.54, 1.807) is 18.2 Å². The van der Waals surface area contributed by atoms with Crippen LogP contribution in [0.15, 0.2) is 53.4 Å². The quantitative estimate of drug-likeness (QED) is 0.748. The number of likely N-dealkylation sites (tertiary alicyclic amines) is 1. The fourth-order valence-corrected chi connectivity index (χ4v) is 6.01. The molecule has 1 fully saturated rings. The molecule has 31 heavy (non-hydrogen) atoms. The number of sulfonamides is 1. The minimum Gasteiger partial charge on any atom is -0.351 e. The van der Waals surface area contributed by atoms with E-state index >= 15 is 0 Å². The molecule has 0 saturated carbocycles. The first kappa shape index (κ1) is 22.0. The van der Waals surface area contributed by atoms with Gasteiger partial charge in [-0.15, -0.1) is 0 Å². The molecule has 2 aliphatic heterocycles. The lowest BCUT2D eigenvalue weighted by Gasteiger charge is -2.30. The molecule has 0 bridgehead atoms. The highest BCUT2D eigenvalue weighted by Gasteiger charge is 2.28. The molecule has 1 saturated heterocycles. The number of hydrogen-bond acceptors (Lipinski definition) is 4. The number of nitrogens with one attached hydrogen (secondary N) is 1. The van der Waals surface area contributed by atoms with E-state index in [2.05, 4.69) is 23.2 Å². The summed E-state index contributed by atoms with van der Waals surface area (Å²) in [5, 5.41) is 2.94. The van der Waals surface area contributed by atoms with E-state index in [4.69, 9.17) is 0 Å². The third-order valence-corrected chi connectivity index (χ3v) is 8.13. The molecule has 0 aromatic heterocycles. The van der Waals surface area contributed by atoms with Crippen molar-refractivity contribution in [2.24, 2.45) is 5.92 Å². The molecule has 1 atom stereocenters. The number of hydrogen-bond donors (Lipinski definition) is 1. The van der Waals surface area contributed by atoms with Crippen LogP contribution in [-0.2, 0) is 23.0 Å². The van der Waals surface area contributed by atoms with E-state index in [9.17, 15) is 13.2 Å². The van der Waals surface area contributed by atoms with Crippen molar-refractivity contribution < 1.29 is 13.2 Å². The first-order valence-corrected chi connectivity index (χ1v) is 12.5. The third-order valence-electron chi connectivity index (χ3n) is 6.28. The van der Waals surface area contributed by atoms with E-state index in [-0.39, 0.29) is 10.8 Å². The van der Waals surface area contributed by atoms with Crippen molar-refractivity contribution in [2.45, 2.75) is 37.6 Å². The molecule has 0 aliphatic carbocycles. The average Bonchev–Trinajstić information content (AvgIpc) is 2.79. The van der Waals surface area contributed by atoms with Gasteiger partial charge in [0.25, 0.3) is 5.91 Å². The maximum Gasteiger partial charge on any atom is 0.251 e. The summed E-state index contributed by atoms with van der Waals surface area (Å²) >= 11 is 0. The van der Waals surface area contributed by atoms with Crippen LogP contribution in [0.3, 0.4) is 0 Å². The standard InChI is InChI=1S/C24H31N3O3S/c1-19-6-5-13-26(17-19)15-12-25-24(28)21-9-4-10-23(16-21)31(29,30)27-14-11-20-7-2-3-8-22(20)18-27/h2-4,7-10,16,19H,5-6,11-15,17-18H2,1H3,(H,25,28). The van der Waals surface area contributed by atoms with Crippen molar-refractivity contribution in [3.63, 3.8) is 0 Å². The summed E-state index contributed by atoms with van der Waals surface area (Å²) in [5.74, 6) is 0.471. The van der Waals surface area contributed by atoms with Gasteiger partial charge in [-0.1, -0.05) is 37.3 Å². The second kappa shape index (κ2) is 9.51. The van der Waals surface area contributed by atoms with Crippen molar-refractivity contribution in [1.29, 1.82) is 0 Å². The number of benzene rings is 2. The topological polar surface area (TPSA) is 69.7 Å². The monoisotopic (exact) mass is 441 g/mol. The Hall–Kier alpha value is -2.22. The molecular weight excluding hydrogens is 410 g/mol. The van der Waals surface area contributed by atoms with Crippen molar-refractivity contribution in [2.75, 3.05) is 32.7 Å². The maximum atomic E-state index is 13.2. The van der Waals surface area contributed by atoms with E-state index in [0.717, 1.165) is 25.2 Å². The van der Waals surface area contributed by atoms with Gasteiger partial charge in [0.2, 0.25) is 10.0 Å². The second-order valence-electron chi connectivity index (χ2n) is 8.69. The highest BCUT2D eigenvalue weighted by atomic mass is 32.2. The lowest BCUT2D eigenvalue weighted by molar-refractivity contribution is 0.0943. The molecule has 2 aliphatic rings. The largest absolute Gasteiger partial charge is 0.351 e. The van der Waals surface area contributed by atoms with Crippen LogP contribution >= 0.6 is 0 Å². The Balaban J connectivity index is 1.39. The van der Waals surface area contributed by atoms with Crippen molar-refractivity contribution in [3.8, 4) is 0 Å². The number of rotatable bonds is 6. The molecular formula is C24H31N3O3S. The first-order chi connectivity index (χ1) is 14.9. The zero-order valence-corrected chi connectivity index (χ0v) is 18.9. The summed E-state index contributed by atoms with van der Waals surface area (Å²) < 4.78 is 27.9. The van der Waals surface area contributed by atoms with Gasteiger partial charge in [-0.3, -0.25) is 4.79 Å². The highest BCUT2D eigenvalue weighted by Crippen LogP contribution is 2.25. The molecule has 1 N–H and O–H groups in total. The summed E-state index contributed by atoms with van der Waals surface area (Å²) in [6.45, 7) is 6.60. The molecule has 7 heteroatoms. The molecule has 0 spiro atoms. The number of nitrogens with zero attached hydrogens (tertiary/aromatic N) is 2. The Morgan fingerprint density at radius 2 is 1.90 bits per heavy atom. The molecule has 2 heterocycles. The summed E-state index contributed by atoms with van der Waals surface area (Å²) in [5.41, 5.74) is 2.62. The van der Waals surface area contributed by atoms with Gasteiger partial charge in [-0.05, 0) is 61.1 Å². The Labute approximate surface area is 185 Å². The van der Waals surface area contributed by atoms with E-state index < -0.39 is 10.0 Å². The lowest BCUT2D eigenvalue weighted by Crippen LogP contribution is -2.40. The molecule has 0 radical (unpaired) electrons. The number of fused-ring (bicyclic) bond motifs is 1. The third kappa shape index (κ3) is 5.17. The van der Waals surface area contributed by atoms with Gasteiger partial charge < -0.3 is 10.2 Å². The Bertz CT molecular complexity index is 1040. The second-order valence-corrected chi connectivity index (χ2v) is 10.6. The van der Waals surface area contributed by atoms with Gasteiger partial charge in [0.15, 0.2) is 0 Å². The molecule has 1 unspecified atom stereocenters. The molecule has 4 rings (SSSR count).